The number of imidazole rings is 1. The van der Waals surface area contributed by atoms with Crippen LogP contribution in [0, 0.1) is 6.07 Å². The topological polar surface area (TPSA) is 17.8 Å². The van der Waals surface area contributed by atoms with Crippen molar-refractivity contribution in [2.24, 2.45) is 7.05 Å². The van der Waals surface area contributed by atoms with Crippen LogP contribution >= 0.6 is 0 Å². The molecule has 0 unspecified atom stereocenters. The SMILES string of the molecule is Cn1cnc2c3[c-]ccc4c5ccccc5c5cccc(c5c34)c21.[Ir]. The number of rotatable bonds is 0. The van der Waals surface area contributed by atoms with Gasteiger partial charge in [0.2, 0.25) is 0 Å². The smallest absolute Gasteiger partial charge is 0.0840 e. The molecule has 6 aromatic rings. The molecule has 2 nitrogen and oxygen atoms in total. The predicted molar refractivity (Wildman–Crippen MR) is 101 cm³/mol. The second-order valence-electron chi connectivity index (χ2n) is 6.47. The Morgan fingerprint density at radius 3 is 2.28 bits per heavy atom. The standard InChI is InChI=1S/C22H13N2.Ir/c1-24-12-23-21-17-10-4-8-15-13-6-2-3-7-14(13)16-9-5-11-18(22(21)24)20(16)19(15)17;/h2-9,11-12H,1H3;/q-1;. The fourth-order valence-electron chi connectivity index (χ4n) is 4.30. The van der Waals surface area contributed by atoms with Crippen molar-refractivity contribution in [3.05, 3.63) is 67.0 Å². The van der Waals surface area contributed by atoms with Gasteiger partial charge in [-0.05, 0) is 26.9 Å². The van der Waals surface area contributed by atoms with Crippen molar-refractivity contribution in [2.45, 2.75) is 0 Å². The van der Waals surface area contributed by atoms with Crippen molar-refractivity contribution < 1.29 is 20.1 Å². The van der Waals surface area contributed by atoms with Gasteiger partial charge in [0, 0.05) is 38.2 Å². The minimum atomic E-state index is 0. The van der Waals surface area contributed by atoms with E-state index in [9.17, 15) is 0 Å². The molecule has 0 aliphatic heterocycles. The van der Waals surface area contributed by atoms with Gasteiger partial charge in [0.25, 0.3) is 0 Å². The van der Waals surface area contributed by atoms with Crippen LogP contribution in [0.2, 0.25) is 0 Å². The van der Waals surface area contributed by atoms with Crippen LogP contribution in [-0.4, -0.2) is 9.55 Å². The number of benzene rings is 5. The number of fused-ring (bicyclic) bond motifs is 6. The Labute approximate surface area is 157 Å². The van der Waals surface area contributed by atoms with Gasteiger partial charge >= 0.3 is 0 Å². The van der Waals surface area contributed by atoms with E-state index in [1.807, 2.05) is 12.4 Å². The summed E-state index contributed by atoms with van der Waals surface area (Å²) < 4.78 is 2.12. The third kappa shape index (κ3) is 1.70. The number of hydrogen-bond donors (Lipinski definition) is 0. The Bertz CT molecular complexity index is 1410. The van der Waals surface area contributed by atoms with Gasteiger partial charge in [0.05, 0.1) is 6.33 Å². The molecule has 0 spiro atoms. The maximum absolute atomic E-state index is 4.68. The molecule has 121 valence electrons. The van der Waals surface area contributed by atoms with Crippen molar-refractivity contribution in [2.75, 3.05) is 0 Å². The van der Waals surface area contributed by atoms with E-state index in [4.69, 9.17) is 0 Å². The van der Waals surface area contributed by atoms with Crippen LogP contribution in [0.15, 0.2) is 60.9 Å². The summed E-state index contributed by atoms with van der Waals surface area (Å²) in [6, 6.07) is 23.0. The number of hydrogen-bond acceptors (Lipinski definition) is 1. The summed E-state index contributed by atoms with van der Waals surface area (Å²) in [7, 11) is 2.07. The molecule has 6 rings (SSSR count). The Morgan fingerprint density at radius 1 is 0.800 bits per heavy atom. The molecule has 1 aromatic heterocycles. The zero-order valence-corrected chi connectivity index (χ0v) is 15.9. The molecule has 0 atom stereocenters. The van der Waals surface area contributed by atoms with Crippen LogP contribution in [0.3, 0.4) is 0 Å². The first-order valence-corrected chi connectivity index (χ1v) is 8.14. The van der Waals surface area contributed by atoms with Gasteiger partial charge in [0.15, 0.2) is 0 Å². The Morgan fingerprint density at radius 2 is 1.48 bits per heavy atom. The number of aromatic nitrogens is 2. The fraction of sp³-hybridized carbons (Fsp3) is 0.0455. The second kappa shape index (κ2) is 5.01. The number of aryl methyl sites for hydroxylation is 1. The van der Waals surface area contributed by atoms with Gasteiger partial charge < -0.3 is 4.57 Å². The first-order valence-electron chi connectivity index (χ1n) is 8.14. The van der Waals surface area contributed by atoms with E-state index >= 15 is 0 Å². The van der Waals surface area contributed by atoms with Crippen molar-refractivity contribution in [3.8, 4) is 0 Å². The summed E-state index contributed by atoms with van der Waals surface area (Å²) in [5.74, 6) is 0. The van der Waals surface area contributed by atoms with Crippen molar-refractivity contribution in [3.63, 3.8) is 0 Å². The Kier molecular flexibility index (Phi) is 2.97. The van der Waals surface area contributed by atoms with E-state index in [-0.39, 0.29) is 20.1 Å². The van der Waals surface area contributed by atoms with Gasteiger partial charge in [0.1, 0.15) is 0 Å². The first kappa shape index (κ1) is 14.8. The van der Waals surface area contributed by atoms with E-state index in [2.05, 4.69) is 71.2 Å². The molecule has 0 N–H and O–H groups in total. The zero-order valence-electron chi connectivity index (χ0n) is 13.5. The first-order chi connectivity index (χ1) is 11.8. The molecule has 25 heavy (non-hydrogen) atoms. The van der Waals surface area contributed by atoms with E-state index in [1.165, 1.54) is 43.2 Å². The quantitative estimate of drug-likeness (QED) is 0.156. The monoisotopic (exact) mass is 498 g/mol. The molecular formula is C22H13IrN2-. The van der Waals surface area contributed by atoms with Gasteiger partial charge in [-0.1, -0.05) is 53.2 Å². The molecule has 1 heterocycles. The van der Waals surface area contributed by atoms with Gasteiger partial charge in [-0.2, -0.15) is 0 Å². The molecule has 0 aliphatic carbocycles. The Hall–Kier alpha value is -2.48. The molecule has 0 saturated heterocycles. The normalized spacial score (nSPS) is 11.9. The van der Waals surface area contributed by atoms with Crippen molar-refractivity contribution >= 4 is 54.1 Å². The molecule has 5 aromatic carbocycles. The summed E-state index contributed by atoms with van der Waals surface area (Å²) >= 11 is 0. The van der Waals surface area contributed by atoms with E-state index in [1.54, 1.807) is 0 Å². The molecule has 0 amide bonds. The maximum Gasteiger partial charge on any atom is 0.0840 e. The zero-order chi connectivity index (χ0) is 15.8. The van der Waals surface area contributed by atoms with Crippen LogP contribution in [0.25, 0.3) is 54.1 Å². The summed E-state index contributed by atoms with van der Waals surface area (Å²) in [5.41, 5.74) is 2.23. The second-order valence-corrected chi connectivity index (χ2v) is 6.47. The maximum atomic E-state index is 4.68. The van der Waals surface area contributed by atoms with Crippen LogP contribution in [0.4, 0.5) is 0 Å². The molecule has 0 fully saturated rings. The van der Waals surface area contributed by atoms with Crippen LogP contribution in [0.5, 0.6) is 0 Å². The molecule has 3 heteroatoms. The number of nitrogens with zero attached hydrogens (tertiary/aromatic N) is 2. The van der Waals surface area contributed by atoms with Crippen LogP contribution < -0.4 is 0 Å². The van der Waals surface area contributed by atoms with Gasteiger partial charge in [-0.15, -0.1) is 23.6 Å². The van der Waals surface area contributed by atoms with E-state index in [0.717, 1.165) is 10.9 Å². The average Bonchev–Trinajstić information content (AvgIpc) is 3.03. The molecule has 0 aliphatic rings. The van der Waals surface area contributed by atoms with Gasteiger partial charge in [-0.25, -0.2) is 0 Å². The van der Waals surface area contributed by atoms with Crippen LogP contribution in [0.1, 0.15) is 0 Å². The average molecular weight is 498 g/mol. The van der Waals surface area contributed by atoms with E-state index in [0.29, 0.717) is 0 Å². The van der Waals surface area contributed by atoms with Gasteiger partial charge in [-0.3, -0.25) is 4.98 Å². The summed E-state index contributed by atoms with van der Waals surface area (Å²) in [6.07, 6.45) is 1.90. The molecule has 1 radical (unpaired) electrons. The summed E-state index contributed by atoms with van der Waals surface area (Å²) in [5, 5.41) is 10.2. The minimum Gasteiger partial charge on any atom is -0.342 e. The summed E-state index contributed by atoms with van der Waals surface area (Å²) in [4.78, 5) is 4.68. The van der Waals surface area contributed by atoms with Crippen LogP contribution in [-0.2, 0) is 27.2 Å². The van der Waals surface area contributed by atoms with Crippen molar-refractivity contribution in [1.82, 2.24) is 9.55 Å². The molecule has 0 saturated carbocycles. The molecular weight excluding hydrogens is 484 g/mol. The third-order valence-corrected chi connectivity index (χ3v) is 5.25. The Balaban J connectivity index is 0.00000140. The molecule has 0 bridgehead atoms. The minimum absolute atomic E-state index is 0. The predicted octanol–water partition coefficient (Wildman–Crippen LogP) is 5.42. The van der Waals surface area contributed by atoms with Crippen molar-refractivity contribution in [1.29, 1.82) is 0 Å². The third-order valence-electron chi connectivity index (χ3n) is 5.25. The fourth-order valence-corrected chi connectivity index (χ4v) is 4.30. The largest absolute Gasteiger partial charge is 0.342 e. The van der Waals surface area contributed by atoms with E-state index < -0.39 is 0 Å². The summed E-state index contributed by atoms with van der Waals surface area (Å²) in [6.45, 7) is 0.